The molecule has 1 atom stereocenters. The Kier molecular flexibility index (Phi) is 3.48. The molecule has 82 valence electrons. The molecule has 2 aliphatic carbocycles. The van der Waals surface area contributed by atoms with Crippen LogP contribution in [-0.2, 0) is 0 Å². The van der Waals surface area contributed by atoms with Crippen LogP contribution in [0.3, 0.4) is 0 Å². The van der Waals surface area contributed by atoms with E-state index < -0.39 is 0 Å². The molecule has 1 nitrogen and oxygen atoms in total. The standard InChI is InChI=1S/C13H25N/c1-3-4-5-10(2)14-13(11-6-7-11)12-8-9-12/h10-14H,3-9H2,1-2H3. The number of hydrogen-bond donors (Lipinski definition) is 1. The van der Waals surface area contributed by atoms with Crippen LogP contribution >= 0.6 is 0 Å². The third-order valence-corrected chi connectivity index (χ3v) is 3.73. The minimum Gasteiger partial charge on any atom is -0.311 e. The third kappa shape index (κ3) is 2.98. The summed E-state index contributed by atoms with van der Waals surface area (Å²) in [5, 5.41) is 3.88. The van der Waals surface area contributed by atoms with Gasteiger partial charge in [-0.15, -0.1) is 0 Å². The summed E-state index contributed by atoms with van der Waals surface area (Å²) < 4.78 is 0. The molecule has 0 aromatic rings. The topological polar surface area (TPSA) is 12.0 Å². The largest absolute Gasteiger partial charge is 0.311 e. The fourth-order valence-electron chi connectivity index (χ4n) is 2.49. The first kappa shape index (κ1) is 10.5. The van der Waals surface area contributed by atoms with E-state index in [4.69, 9.17) is 0 Å². The summed E-state index contributed by atoms with van der Waals surface area (Å²) in [6, 6.07) is 1.64. The van der Waals surface area contributed by atoms with E-state index in [2.05, 4.69) is 19.2 Å². The van der Waals surface area contributed by atoms with Gasteiger partial charge in [0.2, 0.25) is 0 Å². The van der Waals surface area contributed by atoms with Gasteiger partial charge in [-0.05, 0) is 50.9 Å². The van der Waals surface area contributed by atoms with Gasteiger partial charge < -0.3 is 5.32 Å². The van der Waals surface area contributed by atoms with Crippen molar-refractivity contribution in [1.29, 1.82) is 0 Å². The molecule has 0 amide bonds. The summed E-state index contributed by atoms with van der Waals surface area (Å²) in [4.78, 5) is 0. The zero-order valence-electron chi connectivity index (χ0n) is 9.76. The molecule has 0 aromatic carbocycles. The lowest BCUT2D eigenvalue weighted by Crippen LogP contribution is -2.39. The van der Waals surface area contributed by atoms with E-state index >= 15 is 0 Å². The minimum atomic E-state index is 0.751. The van der Waals surface area contributed by atoms with Crippen LogP contribution in [0.25, 0.3) is 0 Å². The monoisotopic (exact) mass is 195 g/mol. The molecular weight excluding hydrogens is 170 g/mol. The molecule has 1 N–H and O–H groups in total. The van der Waals surface area contributed by atoms with Gasteiger partial charge in [0, 0.05) is 12.1 Å². The Morgan fingerprint density at radius 3 is 2.14 bits per heavy atom. The van der Waals surface area contributed by atoms with Crippen molar-refractivity contribution in [2.24, 2.45) is 11.8 Å². The average molecular weight is 195 g/mol. The van der Waals surface area contributed by atoms with Gasteiger partial charge >= 0.3 is 0 Å². The van der Waals surface area contributed by atoms with E-state index in [1.165, 1.54) is 44.9 Å². The van der Waals surface area contributed by atoms with E-state index in [0.29, 0.717) is 0 Å². The van der Waals surface area contributed by atoms with Gasteiger partial charge in [-0.3, -0.25) is 0 Å². The first-order valence-corrected chi connectivity index (χ1v) is 6.57. The van der Waals surface area contributed by atoms with Crippen LogP contribution in [0.2, 0.25) is 0 Å². The van der Waals surface area contributed by atoms with Crippen LogP contribution in [0.5, 0.6) is 0 Å². The summed E-state index contributed by atoms with van der Waals surface area (Å²) in [7, 11) is 0. The third-order valence-electron chi connectivity index (χ3n) is 3.73. The maximum Gasteiger partial charge on any atom is 0.0126 e. The summed E-state index contributed by atoms with van der Waals surface area (Å²) in [5.41, 5.74) is 0. The van der Waals surface area contributed by atoms with Crippen molar-refractivity contribution in [3.63, 3.8) is 0 Å². The van der Waals surface area contributed by atoms with Gasteiger partial charge in [0.15, 0.2) is 0 Å². The van der Waals surface area contributed by atoms with Crippen LogP contribution in [0.15, 0.2) is 0 Å². The Morgan fingerprint density at radius 2 is 1.71 bits per heavy atom. The number of unbranched alkanes of at least 4 members (excludes halogenated alkanes) is 1. The molecule has 2 aliphatic rings. The molecule has 2 rings (SSSR count). The van der Waals surface area contributed by atoms with Gasteiger partial charge in [0.1, 0.15) is 0 Å². The zero-order chi connectivity index (χ0) is 9.97. The SMILES string of the molecule is CCCCC(C)NC(C1CC1)C1CC1. The van der Waals surface area contributed by atoms with Gasteiger partial charge in [-0.25, -0.2) is 0 Å². The van der Waals surface area contributed by atoms with Gasteiger partial charge in [-0.2, -0.15) is 0 Å². The van der Waals surface area contributed by atoms with Gasteiger partial charge in [0.25, 0.3) is 0 Å². The maximum absolute atomic E-state index is 3.88. The predicted octanol–water partition coefficient (Wildman–Crippen LogP) is 3.34. The highest BCUT2D eigenvalue weighted by Crippen LogP contribution is 2.44. The summed E-state index contributed by atoms with van der Waals surface area (Å²) in [5.74, 6) is 2.10. The van der Waals surface area contributed by atoms with Crippen molar-refractivity contribution in [2.45, 2.75) is 70.9 Å². The van der Waals surface area contributed by atoms with E-state index in [9.17, 15) is 0 Å². The molecular formula is C13H25N. The molecule has 1 heteroatoms. The van der Waals surface area contributed by atoms with Crippen molar-refractivity contribution in [1.82, 2.24) is 5.32 Å². The fraction of sp³-hybridized carbons (Fsp3) is 1.00. The second-order valence-electron chi connectivity index (χ2n) is 5.41. The van der Waals surface area contributed by atoms with Gasteiger partial charge in [-0.1, -0.05) is 19.8 Å². The number of nitrogens with one attached hydrogen (secondary N) is 1. The molecule has 0 aliphatic heterocycles. The highest BCUT2D eigenvalue weighted by Gasteiger charge is 2.41. The predicted molar refractivity (Wildman–Crippen MR) is 61.4 cm³/mol. The van der Waals surface area contributed by atoms with Crippen LogP contribution in [0, 0.1) is 11.8 Å². The highest BCUT2D eigenvalue weighted by molar-refractivity contribution is 4.97. The van der Waals surface area contributed by atoms with Crippen LogP contribution < -0.4 is 5.32 Å². The van der Waals surface area contributed by atoms with Gasteiger partial charge in [0.05, 0.1) is 0 Å². The zero-order valence-corrected chi connectivity index (χ0v) is 9.76. The Labute approximate surface area is 88.7 Å². The molecule has 0 aromatic heterocycles. The van der Waals surface area contributed by atoms with E-state index in [1.54, 1.807) is 0 Å². The lowest BCUT2D eigenvalue weighted by Gasteiger charge is -2.23. The highest BCUT2D eigenvalue weighted by atomic mass is 15.0. The lowest BCUT2D eigenvalue weighted by atomic mass is 10.0. The number of hydrogen-bond acceptors (Lipinski definition) is 1. The quantitative estimate of drug-likeness (QED) is 0.657. The molecule has 14 heavy (non-hydrogen) atoms. The van der Waals surface area contributed by atoms with Crippen molar-refractivity contribution < 1.29 is 0 Å². The average Bonchev–Trinajstić information content (AvgIpc) is 3.04. The molecule has 2 saturated carbocycles. The second-order valence-corrected chi connectivity index (χ2v) is 5.41. The first-order valence-electron chi connectivity index (χ1n) is 6.57. The van der Waals surface area contributed by atoms with Crippen molar-refractivity contribution in [2.75, 3.05) is 0 Å². The molecule has 0 bridgehead atoms. The van der Waals surface area contributed by atoms with E-state index in [0.717, 1.165) is 23.9 Å². The first-order chi connectivity index (χ1) is 6.81. The Morgan fingerprint density at radius 1 is 1.14 bits per heavy atom. The van der Waals surface area contributed by atoms with Crippen molar-refractivity contribution in [3.05, 3.63) is 0 Å². The molecule has 0 saturated heterocycles. The lowest BCUT2D eigenvalue weighted by molar-refractivity contribution is 0.357. The Bertz CT molecular complexity index is 158. The summed E-state index contributed by atoms with van der Waals surface area (Å²) >= 11 is 0. The minimum absolute atomic E-state index is 0.751. The second kappa shape index (κ2) is 4.65. The van der Waals surface area contributed by atoms with Crippen molar-refractivity contribution >= 4 is 0 Å². The van der Waals surface area contributed by atoms with Crippen LogP contribution in [-0.4, -0.2) is 12.1 Å². The number of rotatable bonds is 7. The van der Waals surface area contributed by atoms with Crippen molar-refractivity contribution in [3.8, 4) is 0 Å². The molecule has 0 radical (unpaired) electrons. The van der Waals surface area contributed by atoms with Crippen LogP contribution in [0.4, 0.5) is 0 Å². The smallest absolute Gasteiger partial charge is 0.0126 e. The molecule has 0 spiro atoms. The Balaban J connectivity index is 1.69. The maximum atomic E-state index is 3.88. The van der Waals surface area contributed by atoms with E-state index in [1.807, 2.05) is 0 Å². The molecule has 1 unspecified atom stereocenters. The summed E-state index contributed by atoms with van der Waals surface area (Å²) in [6.45, 7) is 4.65. The van der Waals surface area contributed by atoms with Crippen LogP contribution in [0.1, 0.15) is 58.8 Å². The normalized spacial score (nSPS) is 24.2. The summed E-state index contributed by atoms with van der Waals surface area (Å²) in [6.07, 6.45) is 10.1. The Hall–Kier alpha value is -0.0400. The van der Waals surface area contributed by atoms with E-state index in [-0.39, 0.29) is 0 Å². The molecule has 0 heterocycles. The molecule has 2 fully saturated rings. The fourth-order valence-corrected chi connectivity index (χ4v) is 2.49.